The van der Waals surface area contributed by atoms with E-state index >= 15 is 0 Å². The molecular formula is C12H17ClFNO2. The van der Waals surface area contributed by atoms with Gasteiger partial charge >= 0.3 is 5.97 Å². The Labute approximate surface area is 107 Å². The van der Waals surface area contributed by atoms with E-state index in [0.29, 0.717) is 13.1 Å². The first-order chi connectivity index (χ1) is 7.61. The summed E-state index contributed by atoms with van der Waals surface area (Å²) in [5, 5.41) is 8.73. The third-order valence-electron chi connectivity index (χ3n) is 2.19. The van der Waals surface area contributed by atoms with Gasteiger partial charge in [-0.25, -0.2) is 4.39 Å². The van der Waals surface area contributed by atoms with E-state index in [0.717, 1.165) is 12.0 Å². The Hall–Kier alpha value is -1.13. The molecule has 1 rings (SSSR count). The number of aliphatic carboxylic acids is 1. The van der Waals surface area contributed by atoms with Gasteiger partial charge in [0.05, 0.1) is 6.54 Å². The Kier molecular flexibility index (Phi) is 7.50. The number of nitrogens with zero attached hydrogens (tertiary/aromatic N) is 1. The van der Waals surface area contributed by atoms with E-state index < -0.39 is 5.97 Å². The fraction of sp³-hybridized carbons (Fsp3) is 0.417. The van der Waals surface area contributed by atoms with Crippen molar-refractivity contribution in [2.75, 3.05) is 13.1 Å². The quantitative estimate of drug-likeness (QED) is 0.856. The fourth-order valence-electron chi connectivity index (χ4n) is 1.62. The Balaban J connectivity index is 0.00000256. The molecule has 0 saturated carbocycles. The van der Waals surface area contributed by atoms with E-state index in [-0.39, 0.29) is 24.8 Å². The molecule has 0 unspecified atom stereocenters. The molecule has 0 atom stereocenters. The largest absolute Gasteiger partial charge is 0.480 e. The highest BCUT2D eigenvalue weighted by Gasteiger charge is 2.09. The van der Waals surface area contributed by atoms with E-state index in [2.05, 4.69) is 0 Å². The van der Waals surface area contributed by atoms with E-state index in [9.17, 15) is 9.18 Å². The van der Waals surface area contributed by atoms with E-state index in [4.69, 9.17) is 5.11 Å². The van der Waals surface area contributed by atoms with Crippen molar-refractivity contribution in [1.29, 1.82) is 0 Å². The van der Waals surface area contributed by atoms with Gasteiger partial charge in [-0.2, -0.15) is 0 Å². The third-order valence-corrected chi connectivity index (χ3v) is 2.19. The summed E-state index contributed by atoms with van der Waals surface area (Å²) in [7, 11) is 0. The second kappa shape index (κ2) is 8.03. The van der Waals surface area contributed by atoms with Crippen LogP contribution in [0, 0.1) is 5.82 Å². The number of carbonyl (C=O) groups is 1. The highest BCUT2D eigenvalue weighted by Crippen LogP contribution is 2.07. The molecule has 0 heterocycles. The topological polar surface area (TPSA) is 40.5 Å². The normalized spacial score (nSPS) is 10.1. The van der Waals surface area contributed by atoms with Crippen LogP contribution in [0.2, 0.25) is 0 Å². The summed E-state index contributed by atoms with van der Waals surface area (Å²) in [5.41, 5.74) is 0.801. The highest BCUT2D eigenvalue weighted by atomic mass is 35.5. The van der Waals surface area contributed by atoms with Crippen LogP contribution >= 0.6 is 12.4 Å². The summed E-state index contributed by atoms with van der Waals surface area (Å²) in [5.74, 6) is -1.14. The molecule has 0 saturated heterocycles. The number of rotatable bonds is 6. The van der Waals surface area contributed by atoms with Crippen LogP contribution in [0.4, 0.5) is 4.39 Å². The summed E-state index contributed by atoms with van der Waals surface area (Å²) >= 11 is 0. The molecule has 0 aliphatic heterocycles. The van der Waals surface area contributed by atoms with Crippen molar-refractivity contribution in [3.8, 4) is 0 Å². The van der Waals surface area contributed by atoms with Gasteiger partial charge in [-0.3, -0.25) is 9.69 Å². The van der Waals surface area contributed by atoms with Crippen LogP contribution in [-0.2, 0) is 11.3 Å². The summed E-state index contributed by atoms with van der Waals surface area (Å²) in [6.45, 7) is 3.14. The molecule has 17 heavy (non-hydrogen) atoms. The zero-order valence-electron chi connectivity index (χ0n) is 9.73. The molecule has 96 valence electrons. The monoisotopic (exact) mass is 261 g/mol. The second-order valence-electron chi connectivity index (χ2n) is 3.73. The maximum absolute atomic E-state index is 12.9. The third kappa shape index (κ3) is 6.24. The molecule has 0 spiro atoms. The molecule has 0 aliphatic rings. The zero-order valence-corrected chi connectivity index (χ0v) is 10.5. The van der Waals surface area contributed by atoms with Crippen molar-refractivity contribution >= 4 is 18.4 Å². The smallest absolute Gasteiger partial charge is 0.317 e. The van der Waals surface area contributed by atoms with Gasteiger partial charge in [-0.05, 0) is 30.7 Å². The Bertz CT molecular complexity index is 360. The molecule has 0 radical (unpaired) electrons. The van der Waals surface area contributed by atoms with Crippen molar-refractivity contribution in [2.24, 2.45) is 0 Å². The molecule has 0 fully saturated rings. The van der Waals surface area contributed by atoms with E-state index in [1.165, 1.54) is 12.1 Å². The highest BCUT2D eigenvalue weighted by molar-refractivity contribution is 5.85. The summed E-state index contributed by atoms with van der Waals surface area (Å²) in [4.78, 5) is 12.4. The fourth-order valence-corrected chi connectivity index (χ4v) is 1.62. The van der Waals surface area contributed by atoms with Crippen molar-refractivity contribution < 1.29 is 14.3 Å². The average molecular weight is 262 g/mol. The van der Waals surface area contributed by atoms with Crippen molar-refractivity contribution in [2.45, 2.75) is 19.9 Å². The van der Waals surface area contributed by atoms with Gasteiger partial charge in [-0.1, -0.05) is 19.1 Å². The van der Waals surface area contributed by atoms with Crippen LogP contribution in [0.1, 0.15) is 18.9 Å². The van der Waals surface area contributed by atoms with Crippen LogP contribution in [0.5, 0.6) is 0 Å². The number of hydrogen-bond donors (Lipinski definition) is 1. The first kappa shape index (κ1) is 15.9. The Morgan fingerprint density at radius 1 is 1.47 bits per heavy atom. The zero-order chi connectivity index (χ0) is 12.0. The Morgan fingerprint density at radius 2 is 2.18 bits per heavy atom. The van der Waals surface area contributed by atoms with Gasteiger partial charge in [0.15, 0.2) is 0 Å². The lowest BCUT2D eigenvalue weighted by Crippen LogP contribution is -2.30. The van der Waals surface area contributed by atoms with Crippen molar-refractivity contribution in [1.82, 2.24) is 4.90 Å². The summed E-state index contributed by atoms with van der Waals surface area (Å²) < 4.78 is 12.9. The molecule has 0 amide bonds. The van der Waals surface area contributed by atoms with Crippen LogP contribution < -0.4 is 0 Å². The lowest BCUT2D eigenvalue weighted by Gasteiger charge is -2.19. The molecule has 5 heteroatoms. The predicted molar refractivity (Wildman–Crippen MR) is 66.9 cm³/mol. The molecule has 3 nitrogen and oxygen atoms in total. The molecule has 0 bridgehead atoms. The first-order valence-corrected chi connectivity index (χ1v) is 5.30. The number of hydrogen-bond acceptors (Lipinski definition) is 2. The number of benzene rings is 1. The van der Waals surface area contributed by atoms with Crippen LogP contribution in [0.25, 0.3) is 0 Å². The predicted octanol–water partition coefficient (Wildman–Crippen LogP) is 2.54. The summed E-state index contributed by atoms with van der Waals surface area (Å²) in [6.07, 6.45) is 0.878. The minimum Gasteiger partial charge on any atom is -0.480 e. The van der Waals surface area contributed by atoms with Crippen LogP contribution in [0.3, 0.4) is 0 Å². The van der Waals surface area contributed by atoms with Gasteiger partial charge in [0.2, 0.25) is 0 Å². The van der Waals surface area contributed by atoms with Gasteiger partial charge < -0.3 is 5.11 Å². The minimum atomic E-state index is -0.857. The molecule has 0 aliphatic carbocycles. The van der Waals surface area contributed by atoms with Gasteiger partial charge in [0, 0.05) is 6.54 Å². The number of carboxylic acid groups (broad SMARTS) is 1. The SMILES string of the molecule is CCCN(CC(=O)O)Cc1cccc(F)c1.Cl. The molecule has 1 aromatic rings. The molecule has 1 aromatic carbocycles. The second-order valence-corrected chi connectivity index (χ2v) is 3.73. The van der Waals surface area contributed by atoms with Gasteiger partial charge in [0.1, 0.15) is 5.82 Å². The van der Waals surface area contributed by atoms with Gasteiger partial charge in [-0.15, -0.1) is 12.4 Å². The molecular weight excluding hydrogens is 245 g/mol. The first-order valence-electron chi connectivity index (χ1n) is 5.30. The minimum absolute atomic E-state index is 0. The lowest BCUT2D eigenvalue weighted by molar-refractivity contribution is -0.138. The molecule has 1 N–H and O–H groups in total. The maximum Gasteiger partial charge on any atom is 0.317 e. The van der Waals surface area contributed by atoms with E-state index in [1.54, 1.807) is 17.0 Å². The average Bonchev–Trinajstić information content (AvgIpc) is 2.16. The van der Waals surface area contributed by atoms with Gasteiger partial charge in [0.25, 0.3) is 0 Å². The van der Waals surface area contributed by atoms with Crippen molar-refractivity contribution in [3.05, 3.63) is 35.6 Å². The standard InChI is InChI=1S/C12H16FNO2.ClH/c1-2-6-14(9-12(15)16)8-10-4-3-5-11(13)7-10;/h3-5,7H,2,6,8-9H2,1H3,(H,15,16);1H. The number of halogens is 2. The Morgan fingerprint density at radius 3 is 2.71 bits per heavy atom. The molecule has 0 aromatic heterocycles. The van der Waals surface area contributed by atoms with Crippen LogP contribution in [-0.4, -0.2) is 29.1 Å². The number of carboxylic acids is 1. The van der Waals surface area contributed by atoms with E-state index in [1.807, 2.05) is 6.92 Å². The summed E-state index contributed by atoms with van der Waals surface area (Å²) in [6, 6.07) is 6.25. The maximum atomic E-state index is 12.9. The van der Waals surface area contributed by atoms with Crippen molar-refractivity contribution in [3.63, 3.8) is 0 Å². The lowest BCUT2D eigenvalue weighted by atomic mass is 10.2. The van der Waals surface area contributed by atoms with Crippen LogP contribution in [0.15, 0.2) is 24.3 Å².